The lowest BCUT2D eigenvalue weighted by molar-refractivity contribution is -0.117. The van der Waals surface area contributed by atoms with Crippen LogP contribution in [0.15, 0.2) is 22.7 Å². The van der Waals surface area contributed by atoms with Gasteiger partial charge >= 0.3 is 0 Å². The smallest absolute Gasteiger partial charge is 0.238 e. The Morgan fingerprint density at radius 2 is 2.37 bits per heavy atom. The summed E-state index contributed by atoms with van der Waals surface area (Å²) >= 11 is 3.47. The van der Waals surface area contributed by atoms with Crippen molar-refractivity contribution in [2.24, 2.45) is 0 Å². The Kier molecular flexibility index (Phi) is 4.96. The van der Waals surface area contributed by atoms with Crippen molar-refractivity contribution >= 4 is 27.5 Å². The molecular weight excluding hydrogens is 306 g/mol. The fourth-order valence-corrected chi connectivity index (χ4v) is 2.86. The Morgan fingerprint density at radius 1 is 1.58 bits per heavy atom. The number of rotatable bonds is 3. The monoisotopic (exact) mass is 325 g/mol. The highest BCUT2D eigenvalue weighted by atomic mass is 79.9. The molecule has 1 aliphatic heterocycles. The van der Waals surface area contributed by atoms with Gasteiger partial charge in [-0.15, -0.1) is 0 Å². The number of anilines is 1. The highest BCUT2D eigenvalue weighted by Gasteiger charge is 2.18. The van der Waals surface area contributed by atoms with Crippen molar-refractivity contribution in [1.82, 2.24) is 10.2 Å². The van der Waals surface area contributed by atoms with Gasteiger partial charge in [-0.3, -0.25) is 9.69 Å². The van der Waals surface area contributed by atoms with Crippen LogP contribution in [0.25, 0.3) is 0 Å². The van der Waals surface area contributed by atoms with Gasteiger partial charge in [-0.2, -0.15) is 0 Å². The summed E-state index contributed by atoms with van der Waals surface area (Å²) in [7, 11) is 0. The van der Waals surface area contributed by atoms with Gasteiger partial charge in [-0.05, 0) is 47.5 Å². The number of nitrogens with one attached hydrogen (secondary N) is 2. The average molecular weight is 326 g/mol. The van der Waals surface area contributed by atoms with Gasteiger partial charge in [0.2, 0.25) is 5.91 Å². The Bertz CT molecular complexity index is 464. The molecular formula is C14H20BrN3O. The second kappa shape index (κ2) is 6.50. The van der Waals surface area contributed by atoms with E-state index in [1.54, 1.807) is 0 Å². The lowest BCUT2D eigenvalue weighted by Crippen LogP contribution is -2.51. The third-order valence-corrected chi connectivity index (χ3v) is 3.87. The van der Waals surface area contributed by atoms with Crippen LogP contribution in [-0.2, 0) is 4.79 Å². The van der Waals surface area contributed by atoms with E-state index in [4.69, 9.17) is 0 Å². The molecule has 0 saturated carbocycles. The van der Waals surface area contributed by atoms with E-state index in [9.17, 15) is 4.79 Å². The third kappa shape index (κ3) is 4.30. The predicted molar refractivity (Wildman–Crippen MR) is 81.4 cm³/mol. The van der Waals surface area contributed by atoms with E-state index in [0.29, 0.717) is 12.6 Å². The molecule has 1 aromatic carbocycles. The SMILES string of the molecule is Cc1ccc(NC(=O)CN2CCNC(C)C2)c(Br)c1. The zero-order chi connectivity index (χ0) is 13.8. The maximum atomic E-state index is 12.0. The summed E-state index contributed by atoms with van der Waals surface area (Å²) in [5.41, 5.74) is 2.00. The van der Waals surface area contributed by atoms with E-state index in [2.05, 4.69) is 38.4 Å². The lowest BCUT2D eigenvalue weighted by atomic mass is 10.2. The number of carbonyl (C=O) groups is 1. The molecule has 1 fully saturated rings. The number of hydrogen-bond donors (Lipinski definition) is 2. The van der Waals surface area contributed by atoms with Crippen LogP contribution >= 0.6 is 15.9 Å². The largest absolute Gasteiger partial charge is 0.324 e. The molecule has 2 N–H and O–H groups in total. The standard InChI is InChI=1S/C14H20BrN3O/c1-10-3-4-13(12(15)7-10)17-14(19)9-18-6-5-16-11(2)8-18/h3-4,7,11,16H,5-6,8-9H2,1-2H3,(H,17,19). The van der Waals surface area contributed by atoms with E-state index in [-0.39, 0.29) is 5.91 Å². The average Bonchev–Trinajstić information content (AvgIpc) is 2.33. The van der Waals surface area contributed by atoms with Gasteiger partial charge in [0.25, 0.3) is 0 Å². The minimum Gasteiger partial charge on any atom is -0.324 e. The summed E-state index contributed by atoms with van der Waals surface area (Å²) < 4.78 is 0.925. The fraction of sp³-hybridized carbons (Fsp3) is 0.500. The van der Waals surface area contributed by atoms with Crippen molar-refractivity contribution in [3.63, 3.8) is 0 Å². The number of benzene rings is 1. The van der Waals surface area contributed by atoms with Crippen LogP contribution in [0.2, 0.25) is 0 Å². The van der Waals surface area contributed by atoms with E-state index < -0.39 is 0 Å². The minimum absolute atomic E-state index is 0.0404. The molecule has 19 heavy (non-hydrogen) atoms. The van der Waals surface area contributed by atoms with Gasteiger partial charge in [0.15, 0.2) is 0 Å². The molecule has 2 rings (SSSR count). The Morgan fingerprint density at radius 3 is 3.05 bits per heavy atom. The predicted octanol–water partition coefficient (Wildman–Crippen LogP) is 1.99. The van der Waals surface area contributed by atoms with Crippen LogP contribution in [0.4, 0.5) is 5.69 Å². The molecule has 0 aromatic heterocycles. The molecule has 104 valence electrons. The summed E-state index contributed by atoms with van der Waals surface area (Å²) in [5.74, 6) is 0.0404. The topological polar surface area (TPSA) is 44.4 Å². The number of hydrogen-bond acceptors (Lipinski definition) is 3. The van der Waals surface area contributed by atoms with Crippen molar-refractivity contribution in [3.05, 3.63) is 28.2 Å². The first kappa shape index (κ1) is 14.5. The summed E-state index contributed by atoms with van der Waals surface area (Å²) in [6, 6.07) is 6.38. The Hall–Kier alpha value is -0.910. The highest BCUT2D eigenvalue weighted by Crippen LogP contribution is 2.23. The van der Waals surface area contributed by atoms with E-state index >= 15 is 0 Å². The molecule has 1 heterocycles. The Labute approximate surface area is 122 Å². The van der Waals surface area contributed by atoms with Crippen LogP contribution < -0.4 is 10.6 Å². The molecule has 1 saturated heterocycles. The number of halogens is 1. The van der Waals surface area contributed by atoms with Crippen molar-refractivity contribution < 1.29 is 4.79 Å². The lowest BCUT2D eigenvalue weighted by Gasteiger charge is -2.31. The first-order chi connectivity index (χ1) is 9.04. The zero-order valence-corrected chi connectivity index (χ0v) is 13.0. The maximum absolute atomic E-state index is 12.0. The molecule has 4 nitrogen and oxygen atoms in total. The normalized spacial score (nSPS) is 20.3. The first-order valence-corrected chi connectivity index (χ1v) is 7.35. The van der Waals surface area contributed by atoms with Crippen molar-refractivity contribution in [1.29, 1.82) is 0 Å². The molecule has 0 aliphatic carbocycles. The van der Waals surface area contributed by atoms with Gasteiger partial charge < -0.3 is 10.6 Å². The van der Waals surface area contributed by atoms with Crippen molar-refractivity contribution in [2.45, 2.75) is 19.9 Å². The molecule has 1 atom stereocenters. The first-order valence-electron chi connectivity index (χ1n) is 6.56. The maximum Gasteiger partial charge on any atom is 0.238 e. The van der Waals surface area contributed by atoms with Gasteiger partial charge in [-0.1, -0.05) is 6.07 Å². The van der Waals surface area contributed by atoms with E-state index in [1.165, 1.54) is 5.56 Å². The third-order valence-electron chi connectivity index (χ3n) is 3.22. The van der Waals surface area contributed by atoms with Crippen molar-refractivity contribution in [2.75, 3.05) is 31.5 Å². The van der Waals surface area contributed by atoms with Gasteiger partial charge in [0.05, 0.1) is 12.2 Å². The molecule has 0 radical (unpaired) electrons. The molecule has 1 amide bonds. The number of piperazine rings is 1. The molecule has 5 heteroatoms. The van der Waals surface area contributed by atoms with Crippen LogP contribution in [-0.4, -0.2) is 43.0 Å². The van der Waals surface area contributed by atoms with Crippen LogP contribution in [0.1, 0.15) is 12.5 Å². The molecule has 1 aromatic rings. The second-order valence-corrected chi connectivity index (χ2v) is 5.98. The van der Waals surface area contributed by atoms with E-state index in [0.717, 1.165) is 29.8 Å². The zero-order valence-electron chi connectivity index (χ0n) is 11.4. The van der Waals surface area contributed by atoms with Crippen LogP contribution in [0.5, 0.6) is 0 Å². The second-order valence-electron chi connectivity index (χ2n) is 5.12. The highest BCUT2D eigenvalue weighted by molar-refractivity contribution is 9.10. The molecule has 1 aliphatic rings. The van der Waals surface area contributed by atoms with E-state index in [1.807, 2.05) is 25.1 Å². The Balaban J connectivity index is 1.90. The minimum atomic E-state index is 0.0404. The van der Waals surface area contributed by atoms with Gasteiger partial charge in [0.1, 0.15) is 0 Å². The molecule has 0 spiro atoms. The quantitative estimate of drug-likeness (QED) is 0.893. The number of aryl methyl sites for hydroxylation is 1. The fourth-order valence-electron chi connectivity index (χ4n) is 2.27. The molecule has 0 bridgehead atoms. The van der Waals surface area contributed by atoms with Crippen LogP contribution in [0.3, 0.4) is 0 Å². The number of carbonyl (C=O) groups excluding carboxylic acids is 1. The summed E-state index contributed by atoms with van der Waals surface area (Å²) in [5, 5.41) is 6.32. The number of amides is 1. The summed E-state index contributed by atoms with van der Waals surface area (Å²) in [6.07, 6.45) is 0. The van der Waals surface area contributed by atoms with Gasteiger partial charge in [0, 0.05) is 30.1 Å². The van der Waals surface area contributed by atoms with Gasteiger partial charge in [-0.25, -0.2) is 0 Å². The summed E-state index contributed by atoms with van der Waals surface area (Å²) in [4.78, 5) is 14.2. The van der Waals surface area contributed by atoms with Crippen LogP contribution in [0, 0.1) is 6.92 Å². The van der Waals surface area contributed by atoms with Crippen molar-refractivity contribution in [3.8, 4) is 0 Å². The summed E-state index contributed by atoms with van der Waals surface area (Å²) in [6.45, 7) is 7.41. The molecule has 1 unspecified atom stereocenters. The number of nitrogens with zero attached hydrogens (tertiary/aromatic N) is 1.